The second kappa shape index (κ2) is 2.08. The Morgan fingerprint density at radius 3 is 2.12 bits per heavy atom. The maximum Gasteiger partial charge on any atom is 0.271 e. The van der Waals surface area contributed by atoms with Gasteiger partial charge in [0.1, 0.15) is 6.10 Å². The van der Waals surface area contributed by atoms with E-state index in [0.717, 1.165) is 0 Å². The molecule has 3 rings (SSSR count). The van der Waals surface area contributed by atoms with Gasteiger partial charge < -0.3 is 30.3 Å². The first kappa shape index (κ1) is 10.3. The van der Waals surface area contributed by atoms with E-state index >= 15 is 0 Å². The van der Waals surface area contributed by atoms with E-state index in [9.17, 15) is 30.0 Å². The van der Waals surface area contributed by atoms with Crippen LogP contribution in [0, 0.1) is 0 Å². The minimum absolute atomic E-state index is 0.893. The van der Waals surface area contributed by atoms with E-state index in [0.29, 0.717) is 0 Å². The molecule has 1 heterocycles. The summed E-state index contributed by atoms with van der Waals surface area (Å²) in [6, 6.07) is 0. The van der Waals surface area contributed by atoms with Gasteiger partial charge in [0.25, 0.3) is 5.79 Å². The molecule has 1 saturated heterocycles. The highest BCUT2D eigenvalue weighted by Gasteiger charge is 3.05. The fraction of sp³-hybridized carbons (Fsp3) is 0.750. The van der Waals surface area contributed by atoms with Crippen LogP contribution in [0.15, 0.2) is 0 Å². The molecule has 2 saturated carbocycles. The second-order valence-corrected chi connectivity index (χ2v) is 4.28. The third kappa shape index (κ3) is 0.549. The zero-order valence-electron chi connectivity index (χ0n) is 7.75. The van der Waals surface area contributed by atoms with Crippen LogP contribution in [0.4, 0.5) is 0 Å². The van der Waals surface area contributed by atoms with Crippen LogP contribution in [0.2, 0.25) is 0 Å². The highest BCUT2D eigenvalue weighted by molar-refractivity contribution is 6.29. The van der Waals surface area contributed by atoms with E-state index in [2.05, 4.69) is 4.74 Å². The van der Waals surface area contributed by atoms with Crippen molar-refractivity contribution in [2.45, 2.75) is 28.7 Å². The van der Waals surface area contributed by atoms with Gasteiger partial charge in [0.2, 0.25) is 22.8 Å². The molecule has 16 heavy (non-hydrogen) atoms. The van der Waals surface area contributed by atoms with Gasteiger partial charge in [-0.25, -0.2) is 0 Å². The smallest absolute Gasteiger partial charge is 0.271 e. The number of carbonyl (C=O) groups excluding carboxylic acids is 2. The van der Waals surface area contributed by atoms with Crippen molar-refractivity contribution in [3.05, 3.63) is 0 Å². The van der Waals surface area contributed by atoms with E-state index < -0.39 is 46.9 Å². The number of hydrogen-bond donors (Lipinski definition) is 5. The quantitative estimate of drug-likeness (QED) is 0.304. The van der Waals surface area contributed by atoms with Crippen molar-refractivity contribution in [3.63, 3.8) is 0 Å². The number of fused-ring (bicyclic) bond motifs is 3. The molecule has 0 bridgehead atoms. The molecule has 88 valence electrons. The van der Waals surface area contributed by atoms with E-state index in [1.165, 1.54) is 0 Å². The lowest BCUT2D eigenvalue weighted by Gasteiger charge is -2.32. The number of carbonyl (C=O) groups is 2. The van der Waals surface area contributed by atoms with Crippen LogP contribution in [0.25, 0.3) is 0 Å². The predicted molar refractivity (Wildman–Crippen MR) is 41.8 cm³/mol. The summed E-state index contributed by atoms with van der Waals surface area (Å²) in [5.74, 6) is -5.28. The average Bonchev–Trinajstić information content (AvgIpc) is 2.90. The molecule has 5 N–H and O–H groups in total. The van der Waals surface area contributed by atoms with Crippen molar-refractivity contribution in [2.24, 2.45) is 0 Å². The summed E-state index contributed by atoms with van der Waals surface area (Å²) >= 11 is 0. The Labute approximate surface area is 87.7 Å². The number of ether oxygens (including phenoxy) is 1. The Balaban J connectivity index is 2.18. The SMILES string of the molecule is O=C1C2(O)OC(CO)C3(O)C(=O)C3(O)C12O. The van der Waals surface area contributed by atoms with Crippen LogP contribution in [-0.2, 0) is 14.3 Å². The molecule has 2 aliphatic carbocycles. The molecule has 3 aliphatic rings. The average molecular weight is 232 g/mol. The van der Waals surface area contributed by atoms with Gasteiger partial charge in [-0.05, 0) is 0 Å². The number of ketones is 2. The minimum Gasteiger partial charge on any atom is -0.394 e. The summed E-state index contributed by atoms with van der Waals surface area (Å²) < 4.78 is 4.58. The summed E-state index contributed by atoms with van der Waals surface area (Å²) in [6.07, 6.45) is -1.65. The van der Waals surface area contributed by atoms with Crippen molar-refractivity contribution >= 4 is 11.6 Å². The standard InChI is InChI=1S/C8H8O8/c9-1-2-5(12)3(10)6(5,13)7(14)4(11)8(7,15)16-2/h2,9,12-15H,1H2. The van der Waals surface area contributed by atoms with Crippen LogP contribution in [0.1, 0.15) is 0 Å². The topological polar surface area (TPSA) is 145 Å². The monoisotopic (exact) mass is 232 g/mol. The molecule has 8 heteroatoms. The summed E-state index contributed by atoms with van der Waals surface area (Å²) in [4.78, 5) is 22.6. The Morgan fingerprint density at radius 2 is 1.62 bits per heavy atom. The summed E-state index contributed by atoms with van der Waals surface area (Å²) in [5, 5.41) is 47.5. The van der Waals surface area contributed by atoms with Crippen LogP contribution in [0.5, 0.6) is 0 Å². The molecule has 0 aromatic carbocycles. The molecular formula is C8H8O8. The minimum atomic E-state index is -2.84. The molecule has 5 unspecified atom stereocenters. The van der Waals surface area contributed by atoms with Gasteiger partial charge in [0, 0.05) is 0 Å². The third-order valence-corrected chi connectivity index (χ3v) is 3.70. The predicted octanol–water partition coefficient (Wildman–Crippen LogP) is -4.58. The van der Waals surface area contributed by atoms with Crippen molar-refractivity contribution in [1.82, 2.24) is 0 Å². The molecule has 5 atom stereocenters. The van der Waals surface area contributed by atoms with E-state index in [1.807, 2.05) is 0 Å². The van der Waals surface area contributed by atoms with Gasteiger partial charge in [-0.15, -0.1) is 0 Å². The molecule has 1 aliphatic heterocycles. The van der Waals surface area contributed by atoms with Gasteiger partial charge in [0.05, 0.1) is 6.61 Å². The zero-order chi connectivity index (χ0) is 12.1. The third-order valence-electron chi connectivity index (χ3n) is 3.70. The first-order valence-corrected chi connectivity index (χ1v) is 4.51. The van der Waals surface area contributed by atoms with Gasteiger partial charge in [-0.2, -0.15) is 0 Å². The number of Topliss-reactive ketones (excluding diaryl/α,β-unsaturated/α-hetero) is 2. The Kier molecular flexibility index (Phi) is 1.34. The Hall–Kier alpha value is -0.900. The lowest BCUT2D eigenvalue weighted by molar-refractivity contribution is -0.288. The molecule has 0 aromatic heterocycles. The molecular weight excluding hydrogens is 224 g/mol. The van der Waals surface area contributed by atoms with Crippen molar-refractivity contribution < 1.29 is 39.9 Å². The largest absolute Gasteiger partial charge is 0.394 e. The number of aliphatic hydroxyl groups excluding tert-OH is 1. The summed E-state index contributed by atoms with van der Waals surface area (Å²) in [7, 11) is 0. The number of aliphatic hydroxyl groups is 5. The van der Waals surface area contributed by atoms with Gasteiger partial charge >= 0.3 is 0 Å². The first-order valence-electron chi connectivity index (χ1n) is 4.51. The lowest BCUT2D eigenvalue weighted by Crippen LogP contribution is -2.58. The van der Waals surface area contributed by atoms with Crippen molar-refractivity contribution in [3.8, 4) is 0 Å². The fourth-order valence-electron chi connectivity index (χ4n) is 2.53. The number of hydrogen-bond acceptors (Lipinski definition) is 8. The maximum absolute atomic E-state index is 11.3. The highest BCUT2D eigenvalue weighted by Crippen LogP contribution is 2.68. The van der Waals surface area contributed by atoms with E-state index in [1.54, 1.807) is 0 Å². The second-order valence-electron chi connectivity index (χ2n) is 4.28. The van der Waals surface area contributed by atoms with Gasteiger partial charge in [-0.1, -0.05) is 0 Å². The van der Waals surface area contributed by atoms with Crippen molar-refractivity contribution in [1.29, 1.82) is 0 Å². The fourth-order valence-corrected chi connectivity index (χ4v) is 2.53. The lowest BCUT2D eigenvalue weighted by atomic mass is 9.98. The molecule has 0 amide bonds. The first-order chi connectivity index (χ1) is 7.23. The van der Waals surface area contributed by atoms with Crippen LogP contribution in [0.3, 0.4) is 0 Å². The molecule has 0 spiro atoms. The summed E-state index contributed by atoms with van der Waals surface area (Å²) in [6.45, 7) is -0.893. The summed E-state index contributed by atoms with van der Waals surface area (Å²) in [5.41, 5.74) is -8.18. The molecule has 8 nitrogen and oxygen atoms in total. The zero-order valence-corrected chi connectivity index (χ0v) is 7.75. The molecule has 0 radical (unpaired) electrons. The van der Waals surface area contributed by atoms with Crippen LogP contribution >= 0.6 is 0 Å². The Bertz CT molecular complexity index is 447. The van der Waals surface area contributed by atoms with Crippen molar-refractivity contribution in [2.75, 3.05) is 6.61 Å². The van der Waals surface area contributed by atoms with E-state index in [-0.39, 0.29) is 0 Å². The van der Waals surface area contributed by atoms with Crippen LogP contribution < -0.4 is 0 Å². The highest BCUT2D eigenvalue weighted by atomic mass is 16.7. The van der Waals surface area contributed by atoms with Gasteiger partial charge in [-0.3, -0.25) is 9.59 Å². The van der Waals surface area contributed by atoms with Gasteiger partial charge in [0.15, 0.2) is 5.60 Å². The normalized spacial score (nSPS) is 62.7. The molecule has 0 aromatic rings. The number of rotatable bonds is 1. The molecule has 3 fully saturated rings. The Morgan fingerprint density at radius 1 is 1.06 bits per heavy atom. The van der Waals surface area contributed by atoms with E-state index in [4.69, 9.17) is 5.11 Å². The van der Waals surface area contributed by atoms with Crippen LogP contribution in [-0.4, -0.2) is 72.4 Å². The maximum atomic E-state index is 11.3.